The van der Waals surface area contributed by atoms with Crippen LogP contribution in [0.4, 0.5) is 18.9 Å². The fourth-order valence-corrected chi connectivity index (χ4v) is 3.40. The van der Waals surface area contributed by atoms with E-state index in [1.807, 2.05) is 0 Å². The first-order valence-electron chi connectivity index (χ1n) is 9.38. The number of hydrogen-bond donors (Lipinski definition) is 1. The van der Waals surface area contributed by atoms with E-state index in [0.29, 0.717) is 38.8 Å². The van der Waals surface area contributed by atoms with Crippen LogP contribution >= 0.6 is 0 Å². The molecule has 4 rings (SSSR count). The number of amides is 1. The average molecular weight is 449 g/mol. The summed E-state index contributed by atoms with van der Waals surface area (Å²) in [5.41, 5.74) is 2.15. The average Bonchev–Trinajstić information content (AvgIpc) is 3.37. The minimum Gasteiger partial charge on any atom is -0.491 e. The van der Waals surface area contributed by atoms with Crippen LogP contribution in [0.3, 0.4) is 0 Å². The van der Waals surface area contributed by atoms with E-state index in [1.165, 1.54) is 19.1 Å². The third-order valence-electron chi connectivity index (χ3n) is 5.05. The zero-order valence-electron chi connectivity index (χ0n) is 17.0. The van der Waals surface area contributed by atoms with Gasteiger partial charge in [0.15, 0.2) is 11.8 Å². The van der Waals surface area contributed by atoms with Crippen molar-refractivity contribution in [3.05, 3.63) is 48.0 Å². The van der Waals surface area contributed by atoms with Gasteiger partial charge in [-0.25, -0.2) is 4.98 Å². The molecule has 1 aliphatic rings. The summed E-state index contributed by atoms with van der Waals surface area (Å²) in [5, 5.41) is 12.8. The summed E-state index contributed by atoms with van der Waals surface area (Å²) in [5.74, 6) is 0.327. The number of anilines is 1. The number of methoxy groups -OCH3 is 2. The van der Waals surface area contributed by atoms with Gasteiger partial charge in [0.2, 0.25) is 0 Å². The largest absolute Gasteiger partial charge is 0.491 e. The molecular weight excluding hydrogens is 431 g/mol. The topological polar surface area (TPSA) is 103 Å². The Hall–Kier alpha value is -3.67. The third kappa shape index (κ3) is 3.73. The highest BCUT2D eigenvalue weighted by Crippen LogP contribution is 2.34. The van der Waals surface area contributed by atoms with Crippen molar-refractivity contribution in [2.24, 2.45) is 0 Å². The summed E-state index contributed by atoms with van der Waals surface area (Å²) < 4.78 is 50.1. The summed E-state index contributed by atoms with van der Waals surface area (Å²) in [7, 11) is 2.95. The second-order valence-corrected chi connectivity index (χ2v) is 6.94. The SMILES string of the molecule is COc1cc(-c2ccc3c(n2)CN(c2cnn([C@@H](CO)C(F)(F)F)c2)C3=O)cnc1OC. The first-order valence-corrected chi connectivity index (χ1v) is 9.38. The van der Waals surface area contributed by atoms with E-state index in [4.69, 9.17) is 14.6 Å². The number of nitrogens with zero attached hydrogens (tertiary/aromatic N) is 5. The van der Waals surface area contributed by atoms with Crippen molar-refractivity contribution < 1.29 is 32.5 Å². The highest BCUT2D eigenvalue weighted by molar-refractivity contribution is 6.09. The van der Waals surface area contributed by atoms with Crippen LogP contribution in [0.15, 0.2) is 36.8 Å². The van der Waals surface area contributed by atoms with E-state index < -0.39 is 24.7 Å². The molecule has 0 spiro atoms. The third-order valence-corrected chi connectivity index (χ3v) is 5.05. The maximum Gasteiger partial charge on any atom is 0.413 e. The Bertz CT molecular complexity index is 1160. The van der Waals surface area contributed by atoms with Gasteiger partial charge in [-0.15, -0.1) is 0 Å². The predicted molar refractivity (Wildman–Crippen MR) is 105 cm³/mol. The van der Waals surface area contributed by atoms with Crippen molar-refractivity contribution in [2.45, 2.75) is 18.8 Å². The number of alkyl halides is 3. The molecular formula is C20H18F3N5O4. The normalized spacial score (nSPS) is 14.4. The molecule has 1 amide bonds. The molecule has 3 aromatic heterocycles. The van der Waals surface area contributed by atoms with Crippen LogP contribution in [-0.4, -0.2) is 57.8 Å². The zero-order chi connectivity index (χ0) is 23.0. The van der Waals surface area contributed by atoms with E-state index in [-0.39, 0.29) is 12.2 Å². The number of carbonyl (C=O) groups excluding carboxylic acids is 1. The lowest BCUT2D eigenvalue weighted by Gasteiger charge is -2.18. The van der Waals surface area contributed by atoms with Gasteiger partial charge in [-0.3, -0.25) is 19.4 Å². The number of ether oxygens (including phenoxy) is 2. The first-order chi connectivity index (χ1) is 15.3. The molecule has 1 N–H and O–H groups in total. The number of rotatable bonds is 6. The monoisotopic (exact) mass is 449 g/mol. The highest BCUT2D eigenvalue weighted by atomic mass is 19.4. The zero-order valence-corrected chi connectivity index (χ0v) is 17.0. The fraction of sp³-hybridized carbons (Fsp3) is 0.300. The number of fused-ring (bicyclic) bond motifs is 1. The van der Waals surface area contributed by atoms with Gasteiger partial charge in [0.1, 0.15) is 0 Å². The van der Waals surface area contributed by atoms with E-state index >= 15 is 0 Å². The van der Waals surface area contributed by atoms with Crippen LogP contribution in [0.25, 0.3) is 11.3 Å². The fourth-order valence-electron chi connectivity index (χ4n) is 3.40. The van der Waals surface area contributed by atoms with Gasteiger partial charge in [-0.05, 0) is 18.2 Å². The molecule has 3 aromatic rings. The van der Waals surface area contributed by atoms with Crippen molar-refractivity contribution in [2.75, 3.05) is 25.7 Å². The number of carbonyl (C=O) groups is 1. The van der Waals surface area contributed by atoms with E-state index in [9.17, 15) is 18.0 Å². The maximum absolute atomic E-state index is 13.1. The standard InChI is InChI=1S/C20H18F3N5O4/c1-31-16-5-11(6-24-18(16)32-2)14-4-3-13-15(26-14)9-27(19(13)30)12-7-25-28(8-12)17(10-29)20(21,22)23/h3-8,17,29H,9-10H2,1-2H3/t17-/m0/s1. The minimum atomic E-state index is -4.68. The van der Waals surface area contributed by atoms with Crippen LogP contribution in [0.5, 0.6) is 11.6 Å². The lowest BCUT2D eigenvalue weighted by Crippen LogP contribution is -2.30. The number of hydrogen-bond acceptors (Lipinski definition) is 7. The minimum absolute atomic E-state index is 0.0597. The quantitative estimate of drug-likeness (QED) is 0.617. The molecule has 9 nitrogen and oxygen atoms in total. The van der Waals surface area contributed by atoms with Crippen LogP contribution in [-0.2, 0) is 6.54 Å². The Morgan fingerprint density at radius 1 is 1.22 bits per heavy atom. The van der Waals surface area contributed by atoms with Gasteiger partial charge in [0.25, 0.3) is 11.8 Å². The van der Waals surface area contributed by atoms with Crippen molar-refractivity contribution in [1.82, 2.24) is 19.7 Å². The van der Waals surface area contributed by atoms with Gasteiger partial charge >= 0.3 is 6.18 Å². The Balaban J connectivity index is 1.61. The van der Waals surface area contributed by atoms with Gasteiger partial charge in [0, 0.05) is 18.0 Å². The molecule has 0 unspecified atom stereocenters. The molecule has 32 heavy (non-hydrogen) atoms. The van der Waals surface area contributed by atoms with Crippen LogP contribution in [0, 0.1) is 0 Å². The smallest absolute Gasteiger partial charge is 0.413 e. The second kappa shape index (κ2) is 8.11. The Kier molecular flexibility index (Phi) is 5.46. The number of pyridine rings is 2. The lowest BCUT2D eigenvalue weighted by molar-refractivity contribution is -0.178. The van der Waals surface area contributed by atoms with Crippen molar-refractivity contribution in [3.8, 4) is 22.9 Å². The second-order valence-electron chi connectivity index (χ2n) is 6.94. The maximum atomic E-state index is 13.1. The number of aliphatic hydroxyl groups excluding tert-OH is 1. The van der Waals surface area contributed by atoms with Gasteiger partial charge in [-0.2, -0.15) is 18.3 Å². The highest BCUT2D eigenvalue weighted by Gasteiger charge is 2.42. The van der Waals surface area contributed by atoms with Crippen LogP contribution < -0.4 is 14.4 Å². The van der Waals surface area contributed by atoms with Gasteiger partial charge in [-0.1, -0.05) is 0 Å². The van der Waals surface area contributed by atoms with Gasteiger partial charge < -0.3 is 14.6 Å². The molecule has 0 saturated heterocycles. The summed E-state index contributed by atoms with van der Waals surface area (Å²) in [4.78, 5) is 22.8. The molecule has 12 heteroatoms. The molecule has 168 valence electrons. The molecule has 0 saturated carbocycles. The van der Waals surface area contributed by atoms with E-state index in [2.05, 4.69) is 15.1 Å². The number of aromatic nitrogens is 4. The molecule has 0 radical (unpaired) electrons. The molecule has 1 aliphatic heterocycles. The molecule has 4 heterocycles. The summed E-state index contributed by atoms with van der Waals surface area (Å²) >= 11 is 0. The Labute approximate surface area is 180 Å². The van der Waals surface area contributed by atoms with E-state index in [1.54, 1.807) is 24.4 Å². The van der Waals surface area contributed by atoms with Crippen LogP contribution in [0.1, 0.15) is 22.1 Å². The van der Waals surface area contributed by atoms with Gasteiger partial charge in [0.05, 0.1) is 56.2 Å². The summed E-state index contributed by atoms with van der Waals surface area (Å²) in [6.45, 7) is -1.10. The molecule has 0 bridgehead atoms. The van der Waals surface area contributed by atoms with Crippen molar-refractivity contribution in [1.29, 1.82) is 0 Å². The Morgan fingerprint density at radius 2 is 2.00 bits per heavy atom. The lowest BCUT2D eigenvalue weighted by atomic mass is 10.1. The van der Waals surface area contributed by atoms with Crippen LogP contribution in [0.2, 0.25) is 0 Å². The first kappa shape index (κ1) is 21.6. The number of aliphatic hydroxyl groups is 1. The molecule has 0 aliphatic carbocycles. The molecule has 0 fully saturated rings. The predicted octanol–water partition coefficient (Wildman–Crippen LogP) is 2.61. The molecule has 0 aromatic carbocycles. The van der Waals surface area contributed by atoms with Crippen molar-refractivity contribution in [3.63, 3.8) is 0 Å². The summed E-state index contributed by atoms with van der Waals surface area (Å²) in [6.07, 6.45) is -0.893. The van der Waals surface area contributed by atoms with Crippen molar-refractivity contribution >= 4 is 11.6 Å². The summed E-state index contributed by atoms with van der Waals surface area (Å²) in [6, 6.07) is 2.76. The Morgan fingerprint density at radius 3 is 2.66 bits per heavy atom. The number of halogens is 3. The van der Waals surface area contributed by atoms with E-state index in [0.717, 1.165) is 12.4 Å². The molecule has 1 atom stereocenters.